The van der Waals surface area contributed by atoms with Crippen LogP contribution < -0.4 is 4.74 Å². The van der Waals surface area contributed by atoms with Crippen molar-refractivity contribution in [3.8, 4) is 5.75 Å². The molecule has 0 fully saturated rings. The molecule has 3 rings (SSSR count). The molecule has 0 unspecified atom stereocenters. The molecule has 0 aliphatic rings. The van der Waals surface area contributed by atoms with Gasteiger partial charge in [-0.05, 0) is 49.4 Å². The second-order valence-electron chi connectivity index (χ2n) is 6.70. The van der Waals surface area contributed by atoms with E-state index < -0.39 is 29.3 Å². The smallest absolute Gasteiger partial charge is 0.343 e. The molecule has 32 heavy (non-hydrogen) atoms. The Kier molecular flexibility index (Phi) is 6.97. The van der Waals surface area contributed by atoms with Crippen molar-refractivity contribution in [1.82, 2.24) is 0 Å². The normalized spacial score (nSPS) is 10.3. The van der Waals surface area contributed by atoms with Crippen molar-refractivity contribution in [2.24, 2.45) is 0 Å². The van der Waals surface area contributed by atoms with Crippen LogP contribution in [0.1, 0.15) is 36.6 Å². The largest absolute Gasteiger partial charge is 0.454 e. The van der Waals surface area contributed by atoms with Gasteiger partial charge in [0.1, 0.15) is 5.75 Å². The van der Waals surface area contributed by atoms with Gasteiger partial charge in [0.2, 0.25) is 0 Å². The van der Waals surface area contributed by atoms with Crippen LogP contribution in [-0.4, -0.2) is 29.3 Å². The SMILES string of the molecule is Cc1ccc(C(=O)Oc2ccc(C(=O)COC(=O)c3ccc([N+](=O)[O-])cc3Cl)cc2)cc1. The predicted octanol–water partition coefficient (Wildman–Crippen LogP) is 4.82. The highest BCUT2D eigenvalue weighted by Crippen LogP contribution is 2.23. The Morgan fingerprint density at radius 3 is 2.12 bits per heavy atom. The monoisotopic (exact) mass is 453 g/mol. The van der Waals surface area contributed by atoms with E-state index in [2.05, 4.69) is 0 Å². The molecular weight excluding hydrogens is 438 g/mol. The van der Waals surface area contributed by atoms with E-state index in [-0.39, 0.29) is 27.6 Å². The summed E-state index contributed by atoms with van der Waals surface area (Å²) in [5, 5.41) is 10.6. The first-order valence-electron chi connectivity index (χ1n) is 9.28. The highest BCUT2D eigenvalue weighted by atomic mass is 35.5. The van der Waals surface area contributed by atoms with E-state index in [4.69, 9.17) is 21.1 Å². The molecule has 0 atom stereocenters. The fourth-order valence-corrected chi connectivity index (χ4v) is 2.89. The van der Waals surface area contributed by atoms with Crippen molar-refractivity contribution in [2.45, 2.75) is 6.92 Å². The van der Waals surface area contributed by atoms with Crippen LogP contribution in [0.25, 0.3) is 0 Å². The summed E-state index contributed by atoms with van der Waals surface area (Å²) in [5.74, 6) is -1.66. The van der Waals surface area contributed by atoms with Crippen molar-refractivity contribution >= 4 is 35.0 Å². The number of Topliss-reactive ketones (excluding diaryl/α,β-unsaturated/α-hetero) is 1. The average molecular weight is 454 g/mol. The summed E-state index contributed by atoms with van der Waals surface area (Å²) in [7, 11) is 0. The third-order valence-corrected chi connectivity index (χ3v) is 4.70. The number of nitro benzene ring substituents is 1. The zero-order valence-electron chi connectivity index (χ0n) is 16.7. The van der Waals surface area contributed by atoms with Crippen molar-refractivity contribution in [1.29, 1.82) is 0 Å². The number of carbonyl (C=O) groups excluding carboxylic acids is 3. The molecule has 0 aromatic heterocycles. The van der Waals surface area contributed by atoms with Crippen LogP contribution in [0.4, 0.5) is 5.69 Å². The summed E-state index contributed by atoms with van der Waals surface area (Å²) in [6.07, 6.45) is 0. The van der Waals surface area contributed by atoms with E-state index in [0.717, 1.165) is 23.8 Å². The maximum absolute atomic E-state index is 12.3. The van der Waals surface area contributed by atoms with E-state index in [1.165, 1.54) is 24.3 Å². The van der Waals surface area contributed by atoms with E-state index in [0.29, 0.717) is 5.56 Å². The molecule has 0 radical (unpaired) electrons. The van der Waals surface area contributed by atoms with Gasteiger partial charge in [-0.2, -0.15) is 0 Å². The second kappa shape index (κ2) is 9.84. The number of hydrogen-bond donors (Lipinski definition) is 0. The number of ketones is 1. The number of esters is 2. The third kappa shape index (κ3) is 5.55. The number of non-ortho nitro benzene ring substituents is 1. The van der Waals surface area contributed by atoms with Crippen LogP contribution in [0.5, 0.6) is 5.75 Å². The topological polar surface area (TPSA) is 113 Å². The summed E-state index contributed by atoms with van der Waals surface area (Å²) < 4.78 is 10.2. The Labute approximate surface area is 187 Å². The van der Waals surface area contributed by atoms with E-state index in [1.54, 1.807) is 24.3 Å². The van der Waals surface area contributed by atoms with Crippen molar-refractivity contribution in [2.75, 3.05) is 6.61 Å². The van der Waals surface area contributed by atoms with Crippen LogP contribution in [0.3, 0.4) is 0 Å². The molecule has 3 aromatic rings. The molecule has 9 heteroatoms. The maximum Gasteiger partial charge on any atom is 0.343 e. The van der Waals surface area contributed by atoms with Gasteiger partial charge in [0.25, 0.3) is 5.69 Å². The number of nitrogens with zero attached hydrogens (tertiary/aromatic N) is 1. The standard InChI is InChI=1S/C23H16ClNO7/c1-14-2-4-16(5-3-14)22(27)32-18-9-6-15(7-10-18)21(26)13-31-23(28)19-11-8-17(25(29)30)12-20(19)24/h2-12H,13H2,1H3. The lowest BCUT2D eigenvalue weighted by Gasteiger charge is -2.07. The zero-order valence-corrected chi connectivity index (χ0v) is 17.5. The van der Waals surface area contributed by atoms with Gasteiger partial charge in [-0.3, -0.25) is 14.9 Å². The van der Waals surface area contributed by atoms with Crippen LogP contribution >= 0.6 is 11.6 Å². The lowest BCUT2D eigenvalue weighted by molar-refractivity contribution is -0.384. The Morgan fingerprint density at radius 1 is 0.906 bits per heavy atom. The summed E-state index contributed by atoms with van der Waals surface area (Å²) in [6, 6.07) is 16.0. The first-order chi connectivity index (χ1) is 15.2. The lowest BCUT2D eigenvalue weighted by Crippen LogP contribution is -2.15. The molecule has 0 heterocycles. The number of hydrogen-bond acceptors (Lipinski definition) is 7. The molecule has 0 amide bonds. The number of aryl methyl sites for hydroxylation is 1. The molecule has 0 aliphatic carbocycles. The Bertz CT molecular complexity index is 1190. The third-order valence-electron chi connectivity index (χ3n) is 4.39. The zero-order chi connectivity index (χ0) is 23.3. The molecule has 0 saturated heterocycles. The van der Waals surface area contributed by atoms with Crippen LogP contribution in [0, 0.1) is 17.0 Å². The Balaban J connectivity index is 1.57. The maximum atomic E-state index is 12.3. The van der Waals surface area contributed by atoms with Gasteiger partial charge in [-0.25, -0.2) is 9.59 Å². The molecule has 0 spiro atoms. The highest BCUT2D eigenvalue weighted by molar-refractivity contribution is 6.33. The Morgan fingerprint density at radius 2 is 1.53 bits per heavy atom. The van der Waals surface area contributed by atoms with Crippen molar-refractivity contribution in [3.63, 3.8) is 0 Å². The average Bonchev–Trinajstić information content (AvgIpc) is 2.78. The number of nitro groups is 1. The quantitative estimate of drug-likeness (QED) is 0.166. The minimum Gasteiger partial charge on any atom is -0.454 e. The van der Waals surface area contributed by atoms with E-state index in [9.17, 15) is 24.5 Å². The van der Waals surface area contributed by atoms with Gasteiger partial charge in [0, 0.05) is 17.7 Å². The van der Waals surface area contributed by atoms with Crippen molar-refractivity contribution < 1.29 is 28.8 Å². The fourth-order valence-electron chi connectivity index (χ4n) is 2.64. The molecule has 0 bridgehead atoms. The molecule has 0 aliphatic heterocycles. The molecule has 0 N–H and O–H groups in total. The minimum atomic E-state index is -0.887. The Hall–Kier alpha value is -4.04. The summed E-state index contributed by atoms with van der Waals surface area (Å²) in [6.45, 7) is 1.34. The van der Waals surface area contributed by atoms with Gasteiger partial charge >= 0.3 is 11.9 Å². The highest BCUT2D eigenvalue weighted by Gasteiger charge is 2.18. The number of benzene rings is 3. The summed E-state index contributed by atoms with van der Waals surface area (Å²) in [5.41, 5.74) is 1.28. The predicted molar refractivity (Wildman–Crippen MR) is 115 cm³/mol. The number of rotatable bonds is 7. The number of carbonyl (C=O) groups is 3. The summed E-state index contributed by atoms with van der Waals surface area (Å²) >= 11 is 5.88. The molecule has 0 saturated carbocycles. The van der Waals surface area contributed by atoms with Gasteiger partial charge in [0.15, 0.2) is 12.4 Å². The molecular formula is C23H16ClNO7. The lowest BCUT2D eigenvalue weighted by atomic mass is 10.1. The molecule has 8 nitrogen and oxygen atoms in total. The molecule has 162 valence electrons. The second-order valence-corrected chi connectivity index (χ2v) is 7.11. The minimum absolute atomic E-state index is 0.0940. The van der Waals surface area contributed by atoms with Crippen LogP contribution in [0.2, 0.25) is 5.02 Å². The fraction of sp³-hybridized carbons (Fsp3) is 0.0870. The first-order valence-corrected chi connectivity index (χ1v) is 9.65. The van der Waals surface area contributed by atoms with Gasteiger partial charge in [-0.15, -0.1) is 0 Å². The summed E-state index contributed by atoms with van der Waals surface area (Å²) in [4.78, 5) is 46.6. The van der Waals surface area contributed by atoms with Gasteiger partial charge in [-0.1, -0.05) is 29.3 Å². The van der Waals surface area contributed by atoms with E-state index >= 15 is 0 Å². The van der Waals surface area contributed by atoms with Crippen molar-refractivity contribution in [3.05, 3.63) is 104 Å². The van der Waals surface area contributed by atoms with Gasteiger partial charge in [0.05, 0.1) is 21.1 Å². The number of ether oxygens (including phenoxy) is 2. The van der Waals surface area contributed by atoms with Gasteiger partial charge < -0.3 is 9.47 Å². The van der Waals surface area contributed by atoms with Crippen LogP contribution in [0.15, 0.2) is 66.7 Å². The van der Waals surface area contributed by atoms with Crippen LogP contribution in [-0.2, 0) is 4.74 Å². The van der Waals surface area contributed by atoms with E-state index in [1.807, 2.05) is 6.92 Å². The first kappa shape index (κ1) is 22.6. The molecule has 3 aromatic carbocycles. The number of halogens is 1.